The van der Waals surface area contributed by atoms with E-state index in [0.717, 1.165) is 27.8 Å². The van der Waals surface area contributed by atoms with E-state index in [4.69, 9.17) is 18.9 Å². The highest BCUT2D eigenvalue weighted by atomic mass is 32.2. The van der Waals surface area contributed by atoms with Crippen molar-refractivity contribution in [2.24, 2.45) is 0 Å². The number of methoxy groups -OCH3 is 1. The van der Waals surface area contributed by atoms with Crippen molar-refractivity contribution in [3.8, 4) is 16.9 Å². The van der Waals surface area contributed by atoms with Gasteiger partial charge in [0.25, 0.3) is 10.0 Å². The Labute approximate surface area is 310 Å². The van der Waals surface area contributed by atoms with Gasteiger partial charge in [0.05, 0.1) is 34.8 Å². The van der Waals surface area contributed by atoms with Gasteiger partial charge in [-0.25, -0.2) is 8.42 Å². The van der Waals surface area contributed by atoms with Crippen molar-refractivity contribution in [3.05, 3.63) is 149 Å². The number of fused-ring (bicyclic) bond motifs is 5. The molecule has 0 amide bonds. The average Bonchev–Trinajstić information content (AvgIpc) is 3.82. The van der Waals surface area contributed by atoms with Gasteiger partial charge in [0.1, 0.15) is 5.75 Å². The monoisotopic (exact) mass is 730 g/mol. The van der Waals surface area contributed by atoms with Crippen molar-refractivity contribution in [1.29, 1.82) is 0 Å². The van der Waals surface area contributed by atoms with Crippen LogP contribution in [0.15, 0.2) is 126 Å². The third kappa shape index (κ3) is 5.77. The summed E-state index contributed by atoms with van der Waals surface area (Å²) >= 11 is 0. The quantitative estimate of drug-likeness (QED) is 0.0993. The normalized spacial score (nSPS) is 19.8. The maximum absolute atomic E-state index is 15.0. The third-order valence-corrected chi connectivity index (χ3v) is 12.3. The fourth-order valence-electron chi connectivity index (χ4n) is 8.40. The molecule has 0 spiro atoms. The molecule has 0 bridgehead atoms. The number of rotatable bonds is 12. The highest BCUT2D eigenvalue weighted by Crippen LogP contribution is 2.60. The van der Waals surface area contributed by atoms with Crippen molar-refractivity contribution in [2.75, 3.05) is 38.0 Å². The second-order valence-electron chi connectivity index (χ2n) is 13.4. The lowest BCUT2D eigenvalue weighted by molar-refractivity contribution is -0.140. The van der Waals surface area contributed by atoms with E-state index < -0.39 is 33.9 Å². The Morgan fingerprint density at radius 2 is 1.38 bits per heavy atom. The highest BCUT2D eigenvalue weighted by molar-refractivity contribution is 7.92. The Balaban J connectivity index is 1.36. The van der Waals surface area contributed by atoms with Crippen LogP contribution < -0.4 is 9.04 Å². The molecule has 0 saturated carbocycles. The van der Waals surface area contributed by atoms with Gasteiger partial charge in [0, 0.05) is 37.9 Å². The van der Waals surface area contributed by atoms with Gasteiger partial charge in [-0.3, -0.25) is 14.0 Å². The van der Waals surface area contributed by atoms with Crippen LogP contribution in [0.4, 0.5) is 5.69 Å². The van der Waals surface area contributed by atoms with Gasteiger partial charge >= 0.3 is 0 Å². The minimum Gasteiger partial charge on any atom is -0.467 e. The van der Waals surface area contributed by atoms with Crippen molar-refractivity contribution >= 4 is 21.5 Å². The van der Waals surface area contributed by atoms with Gasteiger partial charge in [0.2, 0.25) is 0 Å². The number of Topliss-reactive ketones (excluding diaryl/α,β-unsaturated/α-hetero) is 1. The molecule has 5 aromatic carbocycles. The number of carbonyl (C=O) groups excluding carboxylic acids is 1. The Morgan fingerprint density at radius 3 is 1.98 bits per heavy atom. The Bertz CT molecular complexity index is 2190. The second kappa shape index (κ2) is 14.2. The number of carbonyl (C=O) groups is 1. The van der Waals surface area contributed by atoms with E-state index in [1.54, 1.807) is 42.5 Å². The molecule has 2 aliphatic heterocycles. The molecule has 2 heterocycles. The van der Waals surface area contributed by atoms with E-state index in [2.05, 4.69) is 41.3 Å². The molecule has 5 aromatic rings. The number of hydrogen-bond donors (Lipinski definition) is 0. The number of hydrogen-bond acceptors (Lipinski definition) is 8. The standard InChI is InChI=1S/C43H42N2O7S/c1-4-50-42(51-5-2)29-24-37-34(40(25-29)52-28-49-3)26-39(46)41-38(27-44(37)53(47,48)31-18-10-7-11-19-31)45(41)43(30-16-8-6-9-17-30)35-22-14-12-20-32(35)33-21-13-15-23-36(33)43/h6-25,38,41-42H,4-5,26-28H2,1-3H3/t38-,41-,45?/m0/s1. The summed E-state index contributed by atoms with van der Waals surface area (Å²) in [5.41, 5.74) is 5.84. The molecule has 272 valence electrons. The first-order chi connectivity index (χ1) is 25.9. The number of anilines is 1. The molecule has 53 heavy (non-hydrogen) atoms. The summed E-state index contributed by atoms with van der Waals surface area (Å²) in [5, 5.41) is 0. The van der Waals surface area contributed by atoms with E-state index in [0.29, 0.717) is 35.8 Å². The molecule has 1 saturated heterocycles. The van der Waals surface area contributed by atoms with Crippen molar-refractivity contribution in [1.82, 2.24) is 4.90 Å². The molecule has 3 atom stereocenters. The Hall–Kier alpha value is -4.84. The number of ketones is 1. The topological polar surface area (TPSA) is 94.4 Å². The van der Waals surface area contributed by atoms with Gasteiger partial charge in [-0.1, -0.05) is 97.1 Å². The van der Waals surface area contributed by atoms with Crippen LogP contribution in [0.3, 0.4) is 0 Å². The zero-order chi connectivity index (χ0) is 36.7. The van der Waals surface area contributed by atoms with Crippen LogP contribution in [0.25, 0.3) is 11.1 Å². The van der Waals surface area contributed by atoms with E-state index in [1.165, 1.54) is 11.4 Å². The first-order valence-corrected chi connectivity index (χ1v) is 19.5. The highest BCUT2D eigenvalue weighted by Gasteiger charge is 2.66. The molecule has 1 aliphatic carbocycles. The molecular formula is C43H42N2O7S. The summed E-state index contributed by atoms with van der Waals surface area (Å²) in [6, 6.07) is 37.8. The molecule has 1 fully saturated rings. The zero-order valence-electron chi connectivity index (χ0n) is 30.0. The maximum atomic E-state index is 15.0. The smallest absolute Gasteiger partial charge is 0.264 e. The summed E-state index contributed by atoms with van der Waals surface area (Å²) in [5.74, 6) is 0.316. The Morgan fingerprint density at radius 1 is 0.792 bits per heavy atom. The molecule has 0 aromatic heterocycles. The summed E-state index contributed by atoms with van der Waals surface area (Å²) in [6.07, 6.45) is -0.851. The van der Waals surface area contributed by atoms with Crippen LogP contribution >= 0.6 is 0 Å². The molecule has 3 aliphatic rings. The first-order valence-electron chi connectivity index (χ1n) is 18.0. The summed E-state index contributed by atoms with van der Waals surface area (Å²) in [6.45, 7) is 4.38. The van der Waals surface area contributed by atoms with Crippen LogP contribution in [-0.2, 0) is 41.0 Å². The molecule has 0 radical (unpaired) electrons. The van der Waals surface area contributed by atoms with Gasteiger partial charge < -0.3 is 18.9 Å². The zero-order valence-corrected chi connectivity index (χ0v) is 30.8. The second-order valence-corrected chi connectivity index (χ2v) is 15.3. The van der Waals surface area contributed by atoms with E-state index in [1.807, 2.05) is 56.3 Å². The Kier molecular flexibility index (Phi) is 9.42. The molecule has 8 rings (SSSR count). The molecule has 9 nitrogen and oxygen atoms in total. The minimum atomic E-state index is -4.17. The van der Waals surface area contributed by atoms with Crippen LogP contribution in [0.2, 0.25) is 0 Å². The number of benzene rings is 5. The molecule has 10 heteroatoms. The van der Waals surface area contributed by atoms with E-state index in [-0.39, 0.29) is 30.4 Å². The third-order valence-electron chi connectivity index (χ3n) is 10.5. The SMILES string of the molecule is CCOC(OCC)c1cc(OCOC)c2c(c1)N(S(=O)(=O)c1ccccc1)C[C@H]1[C@@H](C(=O)C2)N1C1(c2ccccc2)c2ccccc2-c2ccccc21. The molecule has 1 unspecified atom stereocenters. The van der Waals surface area contributed by atoms with Crippen molar-refractivity contribution < 1.29 is 32.2 Å². The fraction of sp³-hybridized carbons (Fsp3) is 0.279. The van der Waals surface area contributed by atoms with Gasteiger partial charge in [-0.2, -0.15) is 0 Å². The van der Waals surface area contributed by atoms with Crippen LogP contribution in [0.5, 0.6) is 5.75 Å². The van der Waals surface area contributed by atoms with Gasteiger partial charge in [-0.05, 0) is 65.9 Å². The van der Waals surface area contributed by atoms with Crippen LogP contribution in [-0.4, -0.2) is 64.8 Å². The predicted molar refractivity (Wildman–Crippen MR) is 202 cm³/mol. The molecule has 0 N–H and O–H groups in total. The number of sulfonamides is 1. The largest absolute Gasteiger partial charge is 0.467 e. The maximum Gasteiger partial charge on any atom is 0.264 e. The van der Waals surface area contributed by atoms with E-state index >= 15 is 0 Å². The predicted octanol–water partition coefficient (Wildman–Crippen LogP) is 7.09. The lowest BCUT2D eigenvalue weighted by atomic mass is 9.80. The lowest BCUT2D eigenvalue weighted by Gasteiger charge is -2.36. The lowest BCUT2D eigenvalue weighted by Crippen LogP contribution is -2.41. The van der Waals surface area contributed by atoms with Gasteiger partial charge in [-0.15, -0.1) is 0 Å². The fourth-order valence-corrected chi connectivity index (χ4v) is 9.93. The first kappa shape index (κ1) is 35.2. The van der Waals surface area contributed by atoms with Crippen molar-refractivity contribution in [2.45, 2.75) is 49.1 Å². The van der Waals surface area contributed by atoms with Crippen LogP contribution in [0.1, 0.15) is 48.0 Å². The summed E-state index contributed by atoms with van der Waals surface area (Å²) in [4.78, 5) is 17.3. The molecular weight excluding hydrogens is 689 g/mol. The number of nitrogens with zero attached hydrogens (tertiary/aromatic N) is 2. The van der Waals surface area contributed by atoms with Crippen molar-refractivity contribution in [3.63, 3.8) is 0 Å². The summed E-state index contributed by atoms with van der Waals surface area (Å²) in [7, 11) is -2.65. The number of ether oxygens (including phenoxy) is 4. The van der Waals surface area contributed by atoms with Gasteiger partial charge in [0.15, 0.2) is 18.9 Å². The minimum absolute atomic E-state index is 0.0145. The van der Waals surface area contributed by atoms with E-state index in [9.17, 15) is 13.2 Å². The van der Waals surface area contributed by atoms with Crippen LogP contribution in [0, 0.1) is 0 Å². The average molecular weight is 731 g/mol. The summed E-state index contributed by atoms with van der Waals surface area (Å²) < 4.78 is 54.9.